The number of hydrogen-bond donors (Lipinski definition) is 2. The first-order valence-corrected chi connectivity index (χ1v) is 11.0. The molecule has 2 atom stereocenters. The third kappa shape index (κ3) is 5.17. The summed E-state index contributed by atoms with van der Waals surface area (Å²) in [5.41, 5.74) is -3.09. The Morgan fingerprint density at radius 1 is 1.03 bits per heavy atom. The first-order chi connectivity index (χ1) is 14.3. The summed E-state index contributed by atoms with van der Waals surface area (Å²) in [6.45, 7) is -1.33. The van der Waals surface area contributed by atoms with Gasteiger partial charge in [0.1, 0.15) is 0 Å². The Kier molecular flexibility index (Phi) is 7.64. The van der Waals surface area contributed by atoms with Gasteiger partial charge in [-0.15, -0.1) is 0 Å². The minimum atomic E-state index is -6.44. The molecule has 4 rings (SSSR count). The average Bonchev–Trinajstić information content (AvgIpc) is 2.58. The number of halogens is 6. The molecule has 0 aromatic heterocycles. The van der Waals surface area contributed by atoms with Gasteiger partial charge < -0.3 is 16.0 Å². The number of ether oxygens (including phenoxy) is 2. The molecule has 0 aromatic carbocycles. The molecule has 4 fully saturated rings. The van der Waals surface area contributed by atoms with Gasteiger partial charge in [-0.3, -0.25) is 9.35 Å². The van der Waals surface area contributed by atoms with Crippen molar-refractivity contribution in [3.63, 3.8) is 0 Å². The average molecular weight is 522 g/mol. The standard InChI is InChI=1S/C17H20F6O8S.Na.H/c18-15(19,17(22,23)32(27,28)29)1-2-30-12(26)13-4-9-3-10(5-13)7-14(6-9,8-13)31-16(20,21)11(24)25;;/h9-10H,1-8H2,(H,24,25)(H,27,28,29);;/q;+1;-1. The van der Waals surface area contributed by atoms with Crippen molar-refractivity contribution >= 4 is 22.1 Å². The predicted octanol–water partition coefficient (Wildman–Crippen LogP) is 0.185. The molecule has 33 heavy (non-hydrogen) atoms. The summed E-state index contributed by atoms with van der Waals surface area (Å²) in [5.74, 6) is -9.47. The molecule has 0 saturated heterocycles. The Hall–Kier alpha value is -0.610. The van der Waals surface area contributed by atoms with Crippen LogP contribution in [0.15, 0.2) is 0 Å². The topological polar surface area (TPSA) is 127 Å². The molecule has 0 radical (unpaired) electrons. The van der Waals surface area contributed by atoms with Gasteiger partial charge in [0, 0.05) is 0 Å². The zero-order valence-electron chi connectivity index (χ0n) is 18.3. The predicted molar refractivity (Wildman–Crippen MR) is 91.6 cm³/mol. The van der Waals surface area contributed by atoms with Crippen LogP contribution in [0.3, 0.4) is 0 Å². The van der Waals surface area contributed by atoms with Crippen molar-refractivity contribution in [2.24, 2.45) is 17.3 Å². The fourth-order valence-corrected chi connectivity index (χ4v) is 6.09. The van der Waals surface area contributed by atoms with E-state index >= 15 is 0 Å². The molecule has 0 aromatic rings. The molecule has 0 aliphatic heterocycles. The summed E-state index contributed by atoms with van der Waals surface area (Å²) in [6.07, 6.45) is -5.80. The molecule has 16 heteroatoms. The number of carbonyl (C=O) groups is 2. The summed E-state index contributed by atoms with van der Waals surface area (Å²) in [4.78, 5) is 23.5. The normalized spacial score (nSPS) is 31.7. The van der Waals surface area contributed by atoms with E-state index in [-0.39, 0.29) is 74.9 Å². The maximum Gasteiger partial charge on any atom is 1.00 e. The largest absolute Gasteiger partial charge is 1.00 e. The number of esters is 1. The summed E-state index contributed by atoms with van der Waals surface area (Å²) < 4.78 is 120. The minimum absolute atomic E-state index is 0. The number of alkyl halides is 6. The second kappa shape index (κ2) is 8.80. The van der Waals surface area contributed by atoms with Crippen LogP contribution in [-0.4, -0.2) is 59.5 Å². The molecule has 4 aliphatic carbocycles. The van der Waals surface area contributed by atoms with Gasteiger partial charge in [0.15, 0.2) is 0 Å². The minimum Gasteiger partial charge on any atom is -1.00 e. The van der Waals surface area contributed by atoms with Gasteiger partial charge in [0.25, 0.3) is 0 Å². The van der Waals surface area contributed by atoms with Crippen molar-refractivity contribution in [1.82, 2.24) is 0 Å². The second-order valence-electron chi connectivity index (χ2n) is 8.93. The number of rotatable bonds is 9. The van der Waals surface area contributed by atoms with Crippen LogP contribution in [0.25, 0.3) is 0 Å². The van der Waals surface area contributed by atoms with Crippen molar-refractivity contribution in [2.45, 2.75) is 67.8 Å². The first-order valence-electron chi connectivity index (χ1n) is 9.56. The zero-order valence-corrected chi connectivity index (χ0v) is 20.1. The van der Waals surface area contributed by atoms with Gasteiger partial charge in [-0.05, 0) is 50.4 Å². The van der Waals surface area contributed by atoms with Crippen LogP contribution < -0.4 is 29.6 Å². The van der Waals surface area contributed by atoms with Crippen molar-refractivity contribution in [3.8, 4) is 0 Å². The number of carboxylic acids is 1. The Balaban J connectivity index is 0.00000289. The van der Waals surface area contributed by atoms with E-state index in [1.54, 1.807) is 0 Å². The number of aliphatic carboxylic acids is 1. The molecule has 0 spiro atoms. The summed E-state index contributed by atoms with van der Waals surface area (Å²) in [7, 11) is -6.44. The van der Waals surface area contributed by atoms with Gasteiger partial charge in [-0.25, -0.2) is 4.79 Å². The first kappa shape index (κ1) is 28.6. The van der Waals surface area contributed by atoms with E-state index in [0.29, 0.717) is 6.42 Å². The smallest absolute Gasteiger partial charge is 1.00 e. The van der Waals surface area contributed by atoms with E-state index in [0.717, 1.165) is 0 Å². The molecule has 4 saturated carbocycles. The van der Waals surface area contributed by atoms with Gasteiger partial charge in [-0.2, -0.15) is 34.8 Å². The van der Waals surface area contributed by atoms with E-state index in [1.807, 2.05) is 0 Å². The summed E-state index contributed by atoms with van der Waals surface area (Å²) >= 11 is 0. The van der Waals surface area contributed by atoms with E-state index in [9.17, 15) is 44.3 Å². The molecular weight excluding hydrogens is 501 g/mol. The van der Waals surface area contributed by atoms with Crippen molar-refractivity contribution < 1.29 is 94.5 Å². The number of hydrogen-bond acceptors (Lipinski definition) is 6. The van der Waals surface area contributed by atoms with E-state index in [1.165, 1.54) is 0 Å². The maximum absolute atomic E-state index is 13.8. The van der Waals surface area contributed by atoms with Crippen LogP contribution in [0.5, 0.6) is 0 Å². The molecular formula is C17H21F6NaO8S. The van der Waals surface area contributed by atoms with Crippen molar-refractivity contribution in [3.05, 3.63) is 0 Å². The van der Waals surface area contributed by atoms with Gasteiger partial charge in [0.05, 0.1) is 24.0 Å². The third-order valence-electron chi connectivity index (χ3n) is 6.43. The van der Waals surface area contributed by atoms with E-state index in [4.69, 9.17) is 14.4 Å². The summed E-state index contributed by atoms with van der Waals surface area (Å²) in [6, 6.07) is 0. The molecule has 2 unspecified atom stereocenters. The summed E-state index contributed by atoms with van der Waals surface area (Å²) in [5, 5.41) is 2.86. The van der Waals surface area contributed by atoms with Crippen LogP contribution in [-0.2, 0) is 29.2 Å². The van der Waals surface area contributed by atoms with Crippen LogP contribution >= 0.6 is 0 Å². The van der Waals surface area contributed by atoms with Crippen molar-refractivity contribution in [1.29, 1.82) is 0 Å². The quantitative estimate of drug-likeness (QED) is 0.190. The Morgan fingerprint density at radius 2 is 1.55 bits per heavy atom. The number of carboxylic acid groups (broad SMARTS) is 1. The molecule has 4 bridgehead atoms. The van der Waals surface area contributed by atoms with Gasteiger partial charge in [0.2, 0.25) is 0 Å². The Morgan fingerprint density at radius 3 is 2.00 bits per heavy atom. The molecule has 4 aliphatic rings. The fraction of sp³-hybridized carbons (Fsp3) is 0.882. The Labute approximate surface area is 207 Å². The number of carbonyl (C=O) groups excluding carboxylic acids is 1. The van der Waals surface area contributed by atoms with E-state index in [2.05, 4.69) is 4.74 Å². The monoisotopic (exact) mass is 522 g/mol. The molecule has 2 N–H and O–H groups in total. The van der Waals surface area contributed by atoms with E-state index < -0.39 is 63.4 Å². The van der Waals surface area contributed by atoms with Crippen LogP contribution in [0.2, 0.25) is 0 Å². The molecule has 0 heterocycles. The Bertz CT molecular complexity index is 904. The van der Waals surface area contributed by atoms with Gasteiger partial charge in [-0.1, -0.05) is 0 Å². The van der Waals surface area contributed by atoms with Crippen molar-refractivity contribution in [2.75, 3.05) is 6.61 Å². The van der Waals surface area contributed by atoms with Crippen LogP contribution in [0, 0.1) is 17.3 Å². The fourth-order valence-electron chi connectivity index (χ4n) is 5.61. The molecule has 186 valence electrons. The third-order valence-corrected chi connectivity index (χ3v) is 7.38. The van der Waals surface area contributed by atoms with Crippen LogP contribution in [0.1, 0.15) is 46.4 Å². The second-order valence-corrected chi connectivity index (χ2v) is 10.4. The van der Waals surface area contributed by atoms with Gasteiger partial charge >= 0.3 is 68.9 Å². The maximum atomic E-state index is 13.8. The SMILES string of the molecule is O=C(OCCC(F)(F)C(F)(F)S(=O)(=O)O)C12CC3CC(CC(OC(F)(F)C(=O)O)(C3)C1)C2.[H-].[Na+]. The van der Waals surface area contributed by atoms with Crippen LogP contribution in [0.4, 0.5) is 26.3 Å². The molecule has 8 nitrogen and oxygen atoms in total. The zero-order chi connectivity index (χ0) is 24.4. The molecule has 0 amide bonds.